The van der Waals surface area contributed by atoms with Gasteiger partial charge >= 0.3 is 0 Å². The molecule has 0 radical (unpaired) electrons. The van der Waals surface area contributed by atoms with Crippen LogP contribution >= 0.6 is 24.0 Å². The second kappa shape index (κ2) is 9.66. The minimum Gasteiger partial charge on any atom is -0.493 e. The Labute approximate surface area is 192 Å². The van der Waals surface area contributed by atoms with Crippen molar-refractivity contribution < 1.29 is 28.7 Å². The van der Waals surface area contributed by atoms with Crippen molar-refractivity contribution in [2.75, 3.05) is 21.3 Å². The molecule has 2 aromatic rings. The maximum Gasteiger partial charge on any atom is 0.285 e. The van der Waals surface area contributed by atoms with Gasteiger partial charge in [0.15, 0.2) is 15.8 Å². The number of carbonyl (C=O) groups excluding carboxylic acids is 2. The molecule has 0 unspecified atom stereocenters. The number of nitro groups is 1. The fourth-order valence-electron chi connectivity index (χ4n) is 2.89. The molecule has 2 aromatic carbocycles. The van der Waals surface area contributed by atoms with Crippen LogP contribution in [0.15, 0.2) is 41.3 Å². The molecule has 12 heteroatoms. The summed E-state index contributed by atoms with van der Waals surface area (Å²) in [6, 6.07) is 8.71. The molecule has 32 heavy (non-hydrogen) atoms. The van der Waals surface area contributed by atoms with E-state index in [1.165, 1.54) is 45.6 Å². The first-order valence-corrected chi connectivity index (χ1v) is 10.2. The number of nitrogens with zero attached hydrogens (tertiary/aromatic N) is 2. The third kappa shape index (κ3) is 4.50. The predicted octanol–water partition coefficient (Wildman–Crippen LogP) is 3.17. The van der Waals surface area contributed by atoms with Crippen molar-refractivity contribution in [1.29, 1.82) is 0 Å². The fraction of sp³-hybridized carbons (Fsp3) is 0.150. The molecule has 0 bridgehead atoms. The van der Waals surface area contributed by atoms with Gasteiger partial charge in [-0.1, -0.05) is 23.9 Å². The number of nitro benzene ring substituents is 1. The van der Waals surface area contributed by atoms with E-state index >= 15 is 0 Å². The zero-order valence-electron chi connectivity index (χ0n) is 17.1. The molecular weight excluding hydrogens is 458 g/mol. The summed E-state index contributed by atoms with van der Waals surface area (Å²) in [5.41, 5.74) is 2.33. The highest BCUT2D eigenvalue weighted by atomic mass is 32.2. The Kier molecular flexibility index (Phi) is 6.95. The molecular formula is C20H17N3O7S2. The van der Waals surface area contributed by atoms with E-state index in [1.54, 1.807) is 18.2 Å². The number of hydrogen-bond donors (Lipinski definition) is 1. The molecule has 0 aromatic heterocycles. The van der Waals surface area contributed by atoms with Gasteiger partial charge in [-0.2, -0.15) is 5.01 Å². The number of hydrogen-bond acceptors (Lipinski definition) is 9. The zero-order chi connectivity index (χ0) is 23.4. The maximum absolute atomic E-state index is 12.9. The monoisotopic (exact) mass is 475 g/mol. The molecule has 1 heterocycles. The number of para-hydroxylation sites is 1. The Morgan fingerprint density at radius 3 is 2.34 bits per heavy atom. The van der Waals surface area contributed by atoms with Crippen LogP contribution in [0.2, 0.25) is 0 Å². The topological polar surface area (TPSA) is 120 Å². The second-order valence-corrected chi connectivity index (χ2v) is 7.87. The SMILES string of the molecule is COc1cc(/C=C2\SC(=S)N(NC(=O)c3ccccc3[N+](=O)[O-])C2=O)cc(OC)c1OC. The number of hydrazine groups is 1. The molecule has 0 atom stereocenters. The van der Waals surface area contributed by atoms with Gasteiger partial charge in [-0.3, -0.25) is 25.1 Å². The molecule has 0 aliphatic carbocycles. The van der Waals surface area contributed by atoms with E-state index in [9.17, 15) is 19.7 Å². The van der Waals surface area contributed by atoms with Gasteiger partial charge in [-0.15, -0.1) is 0 Å². The minimum absolute atomic E-state index is 0.0700. The number of benzene rings is 2. The minimum atomic E-state index is -0.831. The van der Waals surface area contributed by atoms with Gasteiger partial charge in [0.2, 0.25) is 5.75 Å². The van der Waals surface area contributed by atoms with Crippen molar-refractivity contribution in [3.8, 4) is 17.2 Å². The van der Waals surface area contributed by atoms with Crippen molar-refractivity contribution in [3.05, 3.63) is 62.5 Å². The summed E-state index contributed by atoms with van der Waals surface area (Å²) >= 11 is 6.18. The number of amides is 2. The summed E-state index contributed by atoms with van der Waals surface area (Å²) in [7, 11) is 4.42. The quantitative estimate of drug-likeness (QED) is 0.279. The summed E-state index contributed by atoms with van der Waals surface area (Å²) < 4.78 is 16.0. The Morgan fingerprint density at radius 1 is 1.16 bits per heavy atom. The van der Waals surface area contributed by atoms with Gasteiger partial charge in [0.1, 0.15) is 5.56 Å². The molecule has 1 aliphatic rings. The van der Waals surface area contributed by atoms with Crippen molar-refractivity contribution in [2.45, 2.75) is 0 Å². The van der Waals surface area contributed by atoms with E-state index in [0.29, 0.717) is 22.8 Å². The largest absolute Gasteiger partial charge is 0.493 e. The second-order valence-electron chi connectivity index (χ2n) is 6.19. The lowest BCUT2D eigenvalue weighted by atomic mass is 10.1. The Balaban J connectivity index is 1.88. The fourth-order valence-corrected chi connectivity index (χ4v) is 4.07. The first-order valence-electron chi connectivity index (χ1n) is 8.93. The maximum atomic E-state index is 12.9. The first-order chi connectivity index (χ1) is 15.3. The molecule has 1 saturated heterocycles. The van der Waals surface area contributed by atoms with E-state index < -0.39 is 16.7 Å². The number of ether oxygens (including phenoxy) is 3. The van der Waals surface area contributed by atoms with Gasteiger partial charge in [0.25, 0.3) is 17.5 Å². The lowest BCUT2D eigenvalue weighted by Crippen LogP contribution is -2.45. The van der Waals surface area contributed by atoms with Crippen molar-refractivity contribution in [1.82, 2.24) is 10.4 Å². The highest BCUT2D eigenvalue weighted by Gasteiger charge is 2.35. The van der Waals surface area contributed by atoms with Gasteiger partial charge in [0, 0.05) is 6.07 Å². The molecule has 1 fully saturated rings. The van der Waals surface area contributed by atoms with Crippen LogP contribution in [0.3, 0.4) is 0 Å². The summed E-state index contributed by atoms with van der Waals surface area (Å²) in [5, 5.41) is 12.1. The molecule has 2 amide bonds. The number of thioether (sulfide) groups is 1. The third-order valence-corrected chi connectivity index (χ3v) is 5.64. The summed E-state index contributed by atoms with van der Waals surface area (Å²) in [4.78, 5) is 36.2. The normalized spacial score (nSPS) is 14.5. The molecule has 1 aliphatic heterocycles. The number of methoxy groups -OCH3 is 3. The average Bonchev–Trinajstić information content (AvgIpc) is 3.05. The molecule has 1 N–H and O–H groups in total. The van der Waals surface area contributed by atoms with Gasteiger partial charge in [-0.05, 0) is 42.1 Å². The number of nitrogens with one attached hydrogen (secondary N) is 1. The van der Waals surface area contributed by atoms with Gasteiger partial charge in [-0.25, -0.2) is 0 Å². The Hall–Kier alpha value is -3.64. The van der Waals surface area contributed by atoms with E-state index in [-0.39, 0.29) is 20.5 Å². The summed E-state index contributed by atoms with van der Waals surface area (Å²) in [6.07, 6.45) is 1.56. The lowest BCUT2D eigenvalue weighted by Gasteiger charge is -2.15. The highest BCUT2D eigenvalue weighted by molar-refractivity contribution is 8.26. The van der Waals surface area contributed by atoms with Gasteiger partial charge in [0.05, 0.1) is 31.2 Å². The number of rotatable bonds is 7. The number of thiocarbonyl (C=S) groups is 1. The van der Waals surface area contributed by atoms with Crippen LogP contribution in [0.1, 0.15) is 15.9 Å². The number of carbonyl (C=O) groups is 2. The smallest absolute Gasteiger partial charge is 0.285 e. The van der Waals surface area contributed by atoms with Crippen LogP contribution < -0.4 is 19.6 Å². The third-order valence-electron chi connectivity index (χ3n) is 4.34. The van der Waals surface area contributed by atoms with Crippen LogP contribution in [-0.2, 0) is 4.79 Å². The first kappa shape index (κ1) is 23.0. The van der Waals surface area contributed by atoms with Crippen LogP contribution in [0.5, 0.6) is 17.2 Å². The van der Waals surface area contributed by atoms with E-state index in [1.807, 2.05) is 0 Å². The Morgan fingerprint density at radius 2 is 1.78 bits per heavy atom. The molecule has 0 saturated carbocycles. The molecule has 3 rings (SSSR count). The van der Waals surface area contributed by atoms with Crippen LogP contribution in [-0.4, -0.2) is 47.4 Å². The van der Waals surface area contributed by atoms with E-state index in [2.05, 4.69) is 5.43 Å². The van der Waals surface area contributed by atoms with Crippen LogP contribution in [0, 0.1) is 10.1 Å². The molecule has 10 nitrogen and oxygen atoms in total. The van der Waals surface area contributed by atoms with E-state index in [4.69, 9.17) is 26.4 Å². The Bertz CT molecular complexity index is 1120. The summed E-state index contributed by atoms with van der Waals surface area (Å²) in [5.74, 6) is -0.212. The highest BCUT2D eigenvalue weighted by Crippen LogP contribution is 2.40. The molecule has 0 spiro atoms. The average molecular weight is 476 g/mol. The zero-order valence-corrected chi connectivity index (χ0v) is 18.7. The standard InChI is InChI=1S/C20H17N3O7S2/c1-28-14-8-11(9-15(29-2)17(14)30-3)10-16-19(25)22(20(31)32-16)21-18(24)12-6-4-5-7-13(12)23(26)27/h4-10H,1-3H3,(H,21,24)/b16-10-. The lowest BCUT2D eigenvalue weighted by molar-refractivity contribution is -0.385. The van der Waals surface area contributed by atoms with Crippen LogP contribution in [0.4, 0.5) is 5.69 Å². The van der Waals surface area contributed by atoms with Crippen molar-refractivity contribution in [3.63, 3.8) is 0 Å². The van der Waals surface area contributed by atoms with Gasteiger partial charge < -0.3 is 14.2 Å². The van der Waals surface area contributed by atoms with Crippen molar-refractivity contribution >= 4 is 51.9 Å². The molecule has 166 valence electrons. The summed E-state index contributed by atoms with van der Waals surface area (Å²) in [6.45, 7) is 0. The predicted molar refractivity (Wildman–Crippen MR) is 122 cm³/mol. The van der Waals surface area contributed by atoms with Crippen molar-refractivity contribution in [2.24, 2.45) is 0 Å². The van der Waals surface area contributed by atoms with Crippen LogP contribution in [0.25, 0.3) is 6.08 Å². The van der Waals surface area contributed by atoms with E-state index in [0.717, 1.165) is 16.8 Å².